The molecular weight excluding hydrogens is 360 g/mol. The fourth-order valence-electron chi connectivity index (χ4n) is 2.75. The summed E-state index contributed by atoms with van der Waals surface area (Å²) in [5, 5.41) is 10.3. The van der Waals surface area contributed by atoms with Gasteiger partial charge in [-0.15, -0.1) is 0 Å². The molecule has 6 heteroatoms. The largest absolute Gasteiger partial charge is 0.383 e. The van der Waals surface area contributed by atoms with E-state index in [1.807, 2.05) is 6.07 Å². The van der Waals surface area contributed by atoms with E-state index in [-0.39, 0.29) is 22.0 Å². The van der Waals surface area contributed by atoms with E-state index >= 15 is 0 Å². The fraction of sp³-hybridized carbons (Fsp3) is 0.0526. The predicted molar refractivity (Wildman–Crippen MR) is 99.0 cm³/mol. The fourth-order valence-corrected chi connectivity index (χ4v) is 3.13. The highest BCUT2D eigenvalue weighted by atomic mass is 35.5. The molecule has 25 heavy (non-hydrogen) atoms. The summed E-state index contributed by atoms with van der Waals surface area (Å²) in [5.41, 5.74) is 8.48. The van der Waals surface area contributed by atoms with Gasteiger partial charge in [-0.05, 0) is 36.8 Å². The van der Waals surface area contributed by atoms with E-state index in [2.05, 4.69) is 4.98 Å². The SMILES string of the molecule is Cc1c(-c2ccc(Cl)cc2)nc(N)c(C#N)c1-c1c(F)cccc1Cl. The number of hydrogen-bond acceptors (Lipinski definition) is 3. The third-order valence-corrected chi connectivity index (χ3v) is 4.48. The Kier molecular flexibility index (Phi) is 4.63. The summed E-state index contributed by atoms with van der Waals surface area (Å²) in [7, 11) is 0. The van der Waals surface area contributed by atoms with Crippen molar-refractivity contribution < 1.29 is 4.39 Å². The highest BCUT2D eigenvalue weighted by Crippen LogP contribution is 2.40. The first-order valence-corrected chi connectivity index (χ1v) is 8.10. The zero-order chi connectivity index (χ0) is 18.1. The van der Waals surface area contributed by atoms with Crippen LogP contribution in [0.25, 0.3) is 22.4 Å². The lowest BCUT2D eigenvalue weighted by molar-refractivity contribution is 0.631. The molecule has 0 saturated carbocycles. The average Bonchev–Trinajstić information content (AvgIpc) is 2.58. The molecule has 0 spiro atoms. The molecule has 0 bridgehead atoms. The van der Waals surface area contributed by atoms with Crippen molar-refractivity contribution in [2.24, 2.45) is 0 Å². The smallest absolute Gasteiger partial charge is 0.142 e. The topological polar surface area (TPSA) is 62.7 Å². The molecule has 1 heterocycles. The van der Waals surface area contributed by atoms with Crippen LogP contribution in [0, 0.1) is 24.1 Å². The molecule has 3 aromatic rings. The number of anilines is 1. The van der Waals surface area contributed by atoms with E-state index in [1.165, 1.54) is 12.1 Å². The van der Waals surface area contributed by atoms with Gasteiger partial charge in [0.2, 0.25) is 0 Å². The molecular formula is C19H12Cl2FN3. The number of benzene rings is 2. The minimum atomic E-state index is -0.528. The minimum Gasteiger partial charge on any atom is -0.383 e. The number of aromatic nitrogens is 1. The predicted octanol–water partition coefficient (Wildman–Crippen LogP) is 5.62. The summed E-state index contributed by atoms with van der Waals surface area (Å²) in [5.74, 6) is -0.507. The molecule has 3 nitrogen and oxygen atoms in total. The first-order chi connectivity index (χ1) is 11.9. The highest BCUT2D eigenvalue weighted by Gasteiger charge is 2.22. The Balaban J connectivity index is 2.39. The van der Waals surface area contributed by atoms with Crippen LogP contribution in [-0.4, -0.2) is 4.98 Å². The van der Waals surface area contributed by atoms with Gasteiger partial charge in [-0.25, -0.2) is 9.37 Å². The van der Waals surface area contributed by atoms with E-state index in [9.17, 15) is 9.65 Å². The standard InChI is InChI=1S/C19H12Cl2FN3/c1-10-16(17-14(21)3-2-4-15(17)22)13(9-23)19(24)25-18(10)11-5-7-12(20)8-6-11/h2-8H,1H3,(H2,24,25). The first-order valence-electron chi connectivity index (χ1n) is 7.34. The van der Waals surface area contributed by atoms with E-state index in [4.69, 9.17) is 28.9 Å². The number of nitriles is 1. The molecule has 124 valence electrons. The Morgan fingerprint density at radius 1 is 1.08 bits per heavy atom. The highest BCUT2D eigenvalue weighted by molar-refractivity contribution is 6.33. The van der Waals surface area contributed by atoms with Gasteiger partial charge in [-0.1, -0.05) is 41.4 Å². The van der Waals surface area contributed by atoms with Gasteiger partial charge < -0.3 is 5.73 Å². The average molecular weight is 372 g/mol. The zero-order valence-corrected chi connectivity index (χ0v) is 14.7. The molecule has 0 amide bonds. The van der Waals surface area contributed by atoms with Crippen molar-refractivity contribution in [2.45, 2.75) is 6.92 Å². The molecule has 0 aliphatic heterocycles. The number of nitrogen functional groups attached to an aromatic ring is 1. The van der Waals surface area contributed by atoms with Crippen molar-refractivity contribution in [1.29, 1.82) is 5.26 Å². The minimum absolute atomic E-state index is 0.0207. The van der Waals surface area contributed by atoms with Crippen molar-refractivity contribution >= 4 is 29.0 Å². The summed E-state index contributed by atoms with van der Waals surface area (Å²) in [4.78, 5) is 4.34. The molecule has 0 aliphatic carbocycles. The van der Waals surface area contributed by atoms with Crippen LogP contribution in [0.4, 0.5) is 10.2 Å². The monoisotopic (exact) mass is 371 g/mol. The lowest BCUT2D eigenvalue weighted by Gasteiger charge is -2.16. The van der Waals surface area contributed by atoms with Gasteiger partial charge in [0.25, 0.3) is 0 Å². The summed E-state index contributed by atoms with van der Waals surface area (Å²) < 4.78 is 14.5. The van der Waals surface area contributed by atoms with Crippen LogP contribution in [0.15, 0.2) is 42.5 Å². The van der Waals surface area contributed by atoms with Crippen molar-refractivity contribution in [3.63, 3.8) is 0 Å². The lowest BCUT2D eigenvalue weighted by Crippen LogP contribution is -2.04. The van der Waals surface area contributed by atoms with Crippen LogP contribution >= 0.6 is 23.2 Å². The second-order valence-corrected chi connectivity index (χ2v) is 6.28. The molecule has 0 unspecified atom stereocenters. The van der Waals surface area contributed by atoms with Gasteiger partial charge in [0.15, 0.2) is 0 Å². The zero-order valence-electron chi connectivity index (χ0n) is 13.1. The molecule has 0 aliphatic rings. The number of halogens is 3. The number of nitrogens with zero attached hydrogens (tertiary/aromatic N) is 2. The maximum atomic E-state index is 14.5. The third kappa shape index (κ3) is 3.05. The van der Waals surface area contributed by atoms with Crippen LogP contribution in [0.2, 0.25) is 10.0 Å². The lowest BCUT2D eigenvalue weighted by atomic mass is 9.92. The first kappa shape index (κ1) is 17.2. The second-order valence-electron chi connectivity index (χ2n) is 5.44. The van der Waals surface area contributed by atoms with Crippen molar-refractivity contribution in [1.82, 2.24) is 4.98 Å². The van der Waals surface area contributed by atoms with Crippen molar-refractivity contribution in [3.8, 4) is 28.5 Å². The van der Waals surface area contributed by atoms with Crippen LogP contribution < -0.4 is 5.73 Å². The Labute approximate surface area is 154 Å². The Morgan fingerprint density at radius 2 is 1.76 bits per heavy atom. The van der Waals surface area contributed by atoms with Gasteiger partial charge in [0.1, 0.15) is 23.3 Å². The maximum Gasteiger partial charge on any atom is 0.142 e. The normalized spacial score (nSPS) is 10.5. The molecule has 0 fully saturated rings. The second kappa shape index (κ2) is 6.72. The number of hydrogen-bond donors (Lipinski definition) is 1. The van der Waals surface area contributed by atoms with E-state index in [1.54, 1.807) is 37.3 Å². The van der Waals surface area contributed by atoms with Crippen molar-refractivity contribution in [3.05, 3.63) is 69.5 Å². The number of pyridine rings is 1. The van der Waals surface area contributed by atoms with Crippen molar-refractivity contribution in [2.75, 3.05) is 5.73 Å². The van der Waals surface area contributed by atoms with E-state index in [0.29, 0.717) is 21.8 Å². The van der Waals surface area contributed by atoms with E-state index in [0.717, 1.165) is 5.56 Å². The van der Waals surface area contributed by atoms with Gasteiger partial charge in [-0.3, -0.25) is 0 Å². The number of nitrogens with two attached hydrogens (primary N) is 1. The third-order valence-electron chi connectivity index (χ3n) is 3.91. The number of rotatable bonds is 2. The van der Waals surface area contributed by atoms with E-state index < -0.39 is 5.82 Å². The Bertz CT molecular complexity index is 988. The molecule has 3 rings (SSSR count). The van der Waals surface area contributed by atoms with Gasteiger partial charge in [0.05, 0.1) is 10.7 Å². The quantitative estimate of drug-likeness (QED) is 0.635. The summed E-state index contributed by atoms with van der Waals surface area (Å²) in [6, 6.07) is 13.4. The van der Waals surface area contributed by atoms with Crippen LogP contribution in [0.1, 0.15) is 11.1 Å². The van der Waals surface area contributed by atoms with Crippen LogP contribution in [0.3, 0.4) is 0 Å². The van der Waals surface area contributed by atoms with Gasteiger partial charge in [0, 0.05) is 21.7 Å². The molecule has 2 aromatic carbocycles. The molecule has 0 saturated heterocycles. The Hall–Kier alpha value is -2.61. The summed E-state index contributed by atoms with van der Waals surface area (Å²) in [6.45, 7) is 1.76. The Morgan fingerprint density at radius 3 is 2.36 bits per heavy atom. The van der Waals surface area contributed by atoms with Crippen LogP contribution in [-0.2, 0) is 0 Å². The molecule has 0 atom stereocenters. The molecule has 0 radical (unpaired) electrons. The van der Waals surface area contributed by atoms with Crippen LogP contribution in [0.5, 0.6) is 0 Å². The molecule has 2 N–H and O–H groups in total. The molecule has 1 aromatic heterocycles. The summed E-state index contributed by atoms with van der Waals surface area (Å²) >= 11 is 12.1. The van der Waals surface area contributed by atoms with Gasteiger partial charge in [-0.2, -0.15) is 5.26 Å². The van der Waals surface area contributed by atoms with Gasteiger partial charge >= 0.3 is 0 Å². The summed E-state index contributed by atoms with van der Waals surface area (Å²) in [6.07, 6.45) is 0. The maximum absolute atomic E-state index is 14.5.